The van der Waals surface area contributed by atoms with Gasteiger partial charge >= 0.3 is 0 Å². The Morgan fingerprint density at radius 3 is 2.56 bits per heavy atom. The lowest BCUT2D eigenvalue weighted by molar-refractivity contribution is 0.0991. The Labute approximate surface area is 107 Å². The van der Waals surface area contributed by atoms with E-state index in [2.05, 4.69) is 17.1 Å². The van der Waals surface area contributed by atoms with Crippen LogP contribution in [0.1, 0.15) is 35.0 Å². The van der Waals surface area contributed by atoms with Gasteiger partial charge in [-0.15, -0.1) is 0 Å². The first-order valence-corrected chi connectivity index (χ1v) is 6.18. The third-order valence-corrected chi connectivity index (χ3v) is 2.78. The molecule has 0 aliphatic rings. The van der Waals surface area contributed by atoms with Crippen molar-refractivity contribution >= 4 is 5.78 Å². The monoisotopic (exact) mass is 240 g/mol. The van der Waals surface area contributed by atoms with Crippen molar-refractivity contribution in [2.45, 2.75) is 26.2 Å². The van der Waals surface area contributed by atoms with Gasteiger partial charge in [0.05, 0.1) is 12.1 Å². The Balaban J connectivity index is 2.05. The normalized spacial score (nSPS) is 10.3. The van der Waals surface area contributed by atoms with E-state index in [0.29, 0.717) is 12.1 Å². The maximum Gasteiger partial charge on any atom is 0.168 e. The Morgan fingerprint density at radius 2 is 1.94 bits per heavy atom. The fraction of sp³-hybridized carbons (Fsp3) is 0.267. The van der Waals surface area contributed by atoms with Crippen molar-refractivity contribution in [3.8, 4) is 0 Å². The molecule has 3 nitrogen and oxygen atoms in total. The number of carbonyl (C=O) groups is 1. The van der Waals surface area contributed by atoms with Crippen LogP contribution < -0.4 is 0 Å². The molecule has 1 heterocycles. The number of hydrogen-bond acceptors (Lipinski definition) is 3. The van der Waals surface area contributed by atoms with Gasteiger partial charge in [-0.05, 0) is 24.1 Å². The number of nitrogens with zero attached hydrogens (tertiary/aromatic N) is 2. The molecule has 3 heteroatoms. The highest BCUT2D eigenvalue weighted by atomic mass is 16.1. The third-order valence-electron chi connectivity index (χ3n) is 2.78. The molecule has 0 unspecified atom stereocenters. The van der Waals surface area contributed by atoms with Crippen LogP contribution in [-0.4, -0.2) is 16.0 Å². The molecule has 92 valence electrons. The van der Waals surface area contributed by atoms with Crippen LogP contribution in [0, 0.1) is 0 Å². The van der Waals surface area contributed by atoms with Crippen molar-refractivity contribution in [3.63, 3.8) is 0 Å². The second-order valence-electron chi connectivity index (χ2n) is 4.26. The summed E-state index contributed by atoms with van der Waals surface area (Å²) in [5.74, 6) is 0.0820. The summed E-state index contributed by atoms with van der Waals surface area (Å²) >= 11 is 0. The largest absolute Gasteiger partial charge is 0.294 e. The topological polar surface area (TPSA) is 42.9 Å². The standard InChI is InChI=1S/C15H16N2O/c1-2-4-12-6-8-13(9-7-12)15(18)11-14-5-3-10-16-17-14/h3,5-10H,2,4,11H2,1H3. The van der Waals surface area contributed by atoms with E-state index in [1.54, 1.807) is 12.3 Å². The number of hydrogen-bond donors (Lipinski definition) is 0. The lowest BCUT2D eigenvalue weighted by Crippen LogP contribution is -2.05. The molecule has 0 saturated carbocycles. The SMILES string of the molecule is CCCc1ccc(C(=O)Cc2cccnn2)cc1. The number of ketones is 1. The number of aryl methyl sites for hydroxylation is 1. The summed E-state index contributed by atoms with van der Waals surface area (Å²) in [4.78, 5) is 12.0. The lowest BCUT2D eigenvalue weighted by atomic mass is 10.0. The number of carbonyl (C=O) groups excluding carboxylic acids is 1. The van der Waals surface area contributed by atoms with E-state index in [9.17, 15) is 4.79 Å². The van der Waals surface area contributed by atoms with E-state index in [-0.39, 0.29) is 5.78 Å². The minimum Gasteiger partial charge on any atom is -0.294 e. The third kappa shape index (κ3) is 3.23. The van der Waals surface area contributed by atoms with Gasteiger partial charge in [-0.25, -0.2) is 0 Å². The Kier molecular flexibility index (Phi) is 4.18. The van der Waals surface area contributed by atoms with E-state index in [1.807, 2.05) is 30.3 Å². The number of benzene rings is 1. The van der Waals surface area contributed by atoms with Gasteiger partial charge in [-0.1, -0.05) is 37.6 Å². The van der Waals surface area contributed by atoms with E-state index in [1.165, 1.54) is 5.56 Å². The molecule has 0 N–H and O–H groups in total. The van der Waals surface area contributed by atoms with Crippen LogP contribution in [0.25, 0.3) is 0 Å². The summed E-state index contributed by atoms with van der Waals surface area (Å²) in [6.45, 7) is 2.15. The van der Waals surface area contributed by atoms with Crippen LogP contribution in [0.15, 0.2) is 42.6 Å². The molecule has 0 fully saturated rings. The van der Waals surface area contributed by atoms with Crippen molar-refractivity contribution in [2.75, 3.05) is 0 Å². The maximum atomic E-state index is 12.0. The summed E-state index contributed by atoms with van der Waals surface area (Å²) in [5.41, 5.74) is 2.72. The Hall–Kier alpha value is -2.03. The highest BCUT2D eigenvalue weighted by molar-refractivity contribution is 5.97. The maximum absolute atomic E-state index is 12.0. The summed E-state index contributed by atoms with van der Waals surface area (Å²) in [6, 6.07) is 11.4. The number of Topliss-reactive ketones (excluding diaryl/α,β-unsaturated/α-hetero) is 1. The molecular formula is C15H16N2O. The fourth-order valence-electron chi connectivity index (χ4n) is 1.84. The zero-order chi connectivity index (χ0) is 12.8. The molecule has 0 spiro atoms. The Bertz CT molecular complexity index is 506. The van der Waals surface area contributed by atoms with Crippen LogP contribution >= 0.6 is 0 Å². The predicted molar refractivity (Wildman–Crippen MR) is 70.5 cm³/mol. The van der Waals surface area contributed by atoms with Gasteiger partial charge in [0.2, 0.25) is 0 Å². The smallest absolute Gasteiger partial charge is 0.168 e. The summed E-state index contributed by atoms with van der Waals surface area (Å²) in [5, 5.41) is 7.69. The van der Waals surface area contributed by atoms with Crippen LogP contribution in [-0.2, 0) is 12.8 Å². The fourth-order valence-corrected chi connectivity index (χ4v) is 1.84. The van der Waals surface area contributed by atoms with Gasteiger partial charge in [0.25, 0.3) is 0 Å². The first-order chi connectivity index (χ1) is 8.79. The first-order valence-electron chi connectivity index (χ1n) is 6.18. The van der Waals surface area contributed by atoms with E-state index in [0.717, 1.165) is 18.4 Å². The molecule has 0 aliphatic heterocycles. The number of aromatic nitrogens is 2. The summed E-state index contributed by atoms with van der Waals surface area (Å²) in [6.07, 6.45) is 4.08. The van der Waals surface area contributed by atoms with Crippen molar-refractivity contribution in [2.24, 2.45) is 0 Å². The number of rotatable bonds is 5. The van der Waals surface area contributed by atoms with E-state index in [4.69, 9.17) is 0 Å². The summed E-state index contributed by atoms with van der Waals surface area (Å²) in [7, 11) is 0. The van der Waals surface area contributed by atoms with Gasteiger partial charge in [-0.3, -0.25) is 4.79 Å². The minimum absolute atomic E-state index is 0.0820. The molecule has 1 aromatic heterocycles. The molecule has 0 atom stereocenters. The molecular weight excluding hydrogens is 224 g/mol. The summed E-state index contributed by atoms with van der Waals surface area (Å²) < 4.78 is 0. The minimum atomic E-state index is 0.0820. The van der Waals surface area contributed by atoms with Gasteiger partial charge in [0.1, 0.15) is 0 Å². The van der Waals surface area contributed by atoms with Gasteiger partial charge in [-0.2, -0.15) is 10.2 Å². The molecule has 2 aromatic rings. The Morgan fingerprint density at radius 1 is 1.17 bits per heavy atom. The quantitative estimate of drug-likeness (QED) is 0.755. The van der Waals surface area contributed by atoms with Crippen molar-refractivity contribution in [1.29, 1.82) is 0 Å². The van der Waals surface area contributed by atoms with Crippen LogP contribution in [0.5, 0.6) is 0 Å². The van der Waals surface area contributed by atoms with Crippen molar-refractivity contribution in [3.05, 3.63) is 59.4 Å². The van der Waals surface area contributed by atoms with E-state index < -0.39 is 0 Å². The molecule has 0 aliphatic carbocycles. The molecule has 0 saturated heterocycles. The zero-order valence-corrected chi connectivity index (χ0v) is 10.5. The zero-order valence-electron chi connectivity index (χ0n) is 10.5. The second-order valence-corrected chi connectivity index (χ2v) is 4.26. The highest BCUT2D eigenvalue weighted by Crippen LogP contribution is 2.09. The van der Waals surface area contributed by atoms with Crippen LogP contribution in [0.3, 0.4) is 0 Å². The van der Waals surface area contributed by atoms with Crippen LogP contribution in [0.2, 0.25) is 0 Å². The molecule has 0 radical (unpaired) electrons. The molecule has 2 rings (SSSR count). The van der Waals surface area contributed by atoms with Gasteiger partial charge in [0, 0.05) is 11.8 Å². The molecule has 1 aromatic carbocycles. The lowest BCUT2D eigenvalue weighted by Gasteiger charge is -2.02. The molecule has 0 bridgehead atoms. The first kappa shape index (κ1) is 12.4. The van der Waals surface area contributed by atoms with Gasteiger partial charge < -0.3 is 0 Å². The van der Waals surface area contributed by atoms with Gasteiger partial charge in [0.15, 0.2) is 5.78 Å². The van der Waals surface area contributed by atoms with Crippen LogP contribution in [0.4, 0.5) is 0 Å². The molecule has 0 amide bonds. The highest BCUT2D eigenvalue weighted by Gasteiger charge is 2.07. The van der Waals surface area contributed by atoms with E-state index >= 15 is 0 Å². The van der Waals surface area contributed by atoms with Crippen molar-refractivity contribution < 1.29 is 4.79 Å². The average Bonchev–Trinajstić information content (AvgIpc) is 2.41. The molecule has 18 heavy (non-hydrogen) atoms. The predicted octanol–water partition coefficient (Wildman–Crippen LogP) is 2.85. The van der Waals surface area contributed by atoms with Crippen molar-refractivity contribution in [1.82, 2.24) is 10.2 Å². The second kappa shape index (κ2) is 6.05. The average molecular weight is 240 g/mol.